The first-order valence-corrected chi connectivity index (χ1v) is 11.4. The molecule has 1 aliphatic heterocycles. The standard InChI is InChI=1S/C25H19BrN2OS/c26-23-16-15-22(30-23)24-27(17-18-9-3-1-4-10-18)21-14-8-7-13-20(21)25(29)28(24)19-11-5-2-6-12-19/h1-16,24H,17H2. The lowest BCUT2D eigenvalue weighted by Crippen LogP contribution is -2.49. The third kappa shape index (κ3) is 3.44. The number of amides is 1. The summed E-state index contributed by atoms with van der Waals surface area (Å²) < 4.78 is 1.05. The molecular weight excluding hydrogens is 456 g/mol. The number of halogens is 1. The Morgan fingerprint density at radius 2 is 1.47 bits per heavy atom. The van der Waals surface area contributed by atoms with Crippen molar-refractivity contribution in [1.29, 1.82) is 0 Å². The van der Waals surface area contributed by atoms with Crippen molar-refractivity contribution < 1.29 is 4.79 Å². The minimum atomic E-state index is -0.230. The molecule has 1 aliphatic rings. The number of hydrogen-bond acceptors (Lipinski definition) is 3. The van der Waals surface area contributed by atoms with E-state index in [0.29, 0.717) is 6.54 Å². The lowest BCUT2D eigenvalue weighted by molar-refractivity contribution is 0.0968. The van der Waals surface area contributed by atoms with Gasteiger partial charge in [-0.1, -0.05) is 60.7 Å². The summed E-state index contributed by atoms with van der Waals surface area (Å²) in [6, 6.07) is 32.4. The van der Waals surface area contributed by atoms with Crippen LogP contribution in [0.1, 0.15) is 27.0 Å². The van der Waals surface area contributed by atoms with Crippen LogP contribution in [0.4, 0.5) is 11.4 Å². The Balaban J connectivity index is 1.72. The van der Waals surface area contributed by atoms with Gasteiger partial charge in [0.2, 0.25) is 0 Å². The fourth-order valence-electron chi connectivity index (χ4n) is 3.96. The normalized spacial score (nSPS) is 15.9. The summed E-state index contributed by atoms with van der Waals surface area (Å²) in [6.07, 6.45) is -0.230. The first-order chi connectivity index (χ1) is 14.7. The molecule has 0 saturated carbocycles. The number of nitrogens with zero attached hydrogens (tertiary/aromatic N) is 2. The van der Waals surface area contributed by atoms with Crippen LogP contribution in [0.2, 0.25) is 0 Å². The Kier molecular flexibility index (Phi) is 5.15. The van der Waals surface area contributed by atoms with Crippen LogP contribution in [0.5, 0.6) is 0 Å². The maximum atomic E-state index is 13.7. The van der Waals surface area contributed by atoms with Crippen LogP contribution in [-0.2, 0) is 6.54 Å². The molecule has 3 nitrogen and oxygen atoms in total. The van der Waals surface area contributed by atoms with Crippen LogP contribution < -0.4 is 9.80 Å². The van der Waals surface area contributed by atoms with E-state index in [0.717, 1.165) is 25.6 Å². The van der Waals surface area contributed by atoms with Crippen molar-refractivity contribution in [3.63, 3.8) is 0 Å². The topological polar surface area (TPSA) is 23.6 Å². The van der Waals surface area contributed by atoms with Gasteiger partial charge >= 0.3 is 0 Å². The zero-order valence-electron chi connectivity index (χ0n) is 16.1. The average molecular weight is 475 g/mol. The number of carbonyl (C=O) groups excluding carboxylic acids is 1. The molecule has 4 aromatic rings. The zero-order valence-corrected chi connectivity index (χ0v) is 18.5. The Morgan fingerprint density at radius 1 is 0.800 bits per heavy atom. The van der Waals surface area contributed by atoms with E-state index in [1.165, 1.54) is 5.56 Å². The quantitative estimate of drug-likeness (QED) is 0.321. The Labute approximate surface area is 188 Å². The van der Waals surface area contributed by atoms with Crippen molar-refractivity contribution in [2.75, 3.05) is 9.80 Å². The summed E-state index contributed by atoms with van der Waals surface area (Å²) in [5, 5.41) is 0. The summed E-state index contributed by atoms with van der Waals surface area (Å²) >= 11 is 5.27. The minimum Gasteiger partial charge on any atom is -0.341 e. The van der Waals surface area contributed by atoms with Crippen LogP contribution >= 0.6 is 27.3 Å². The van der Waals surface area contributed by atoms with Crippen molar-refractivity contribution in [1.82, 2.24) is 0 Å². The summed E-state index contributed by atoms with van der Waals surface area (Å²) in [6.45, 7) is 0.703. The number of thiophene rings is 1. The molecule has 1 amide bonds. The summed E-state index contributed by atoms with van der Waals surface area (Å²) in [4.78, 5) is 19.1. The van der Waals surface area contributed by atoms with Gasteiger partial charge in [0.25, 0.3) is 5.91 Å². The molecule has 0 fully saturated rings. The maximum Gasteiger partial charge on any atom is 0.262 e. The molecule has 0 saturated heterocycles. The van der Waals surface area contributed by atoms with Gasteiger partial charge in [-0.15, -0.1) is 11.3 Å². The lowest BCUT2D eigenvalue weighted by Gasteiger charge is -2.45. The van der Waals surface area contributed by atoms with Crippen molar-refractivity contribution in [2.45, 2.75) is 12.7 Å². The highest BCUT2D eigenvalue weighted by molar-refractivity contribution is 9.11. The maximum absolute atomic E-state index is 13.7. The van der Waals surface area contributed by atoms with Gasteiger partial charge in [-0.05, 0) is 57.9 Å². The second kappa shape index (κ2) is 8.09. The molecule has 5 heteroatoms. The molecule has 5 rings (SSSR count). The fourth-order valence-corrected chi connectivity index (χ4v) is 5.49. The number of anilines is 2. The molecule has 0 aliphatic carbocycles. The molecule has 0 radical (unpaired) electrons. The van der Waals surface area contributed by atoms with E-state index in [-0.39, 0.29) is 12.1 Å². The first kappa shape index (κ1) is 19.1. The number of para-hydroxylation sites is 2. The van der Waals surface area contributed by atoms with E-state index in [1.54, 1.807) is 11.3 Å². The Bertz CT molecular complexity index is 1180. The van der Waals surface area contributed by atoms with E-state index >= 15 is 0 Å². The Morgan fingerprint density at radius 3 is 2.17 bits per heavy atom. The third-order valence-electron chi connectivity index (χ3n) is 5.28. The summed E-state index contributed by atoms with van der Waals surface area (Å²) in [5.74, 6) is 0.0237. The van der Waals surface area contributed by atoms with Crippen molar-refractivity contribution in [2.24, 2.45) is 0 Å². The molecule has 0 bridgehead atoms. The van der Waals surface area contributed by atoms with Gasteiger partial charge in [0, 0.05) is 17.1 Å². The molecular formula is C25H19BrN2OS. The molecule has 1 aromatic heterocycles. The van der Waals surface area contributed by atoms with Gasteiger partial charge in [0.1, 0.15) is 6.17 Å². The van der Waals surface area contributed by atoms with E-state index in [2.05, 4.69) is 57.2 Å². The smallest absolute Gasteiger partial charge is 0.262 e. The second-order valence-electron chi connectivity index (χ2n) is 7.16. The van der Waals surface area contributed by atoms with Crippen molar-refractivity contribution in [3.05, 3.63) is 117 Å². The molecule has 1 atom stereocenters. The SMILES string of the molecule is O=C1c2ccccc2N(Cc2ccccc2)C(c2ccc(Br)s2)N1c1ccccc1. The van der Waals surface area contributed by atoms with Gasteiger partial charge in [-0.3, -0.25) is 9.69 Å². The minimum absolute atomic E-state index is 0.0237. The highest BCUT2D eigenvalue weighted by atomic mass is 79.9. The van der Waals surface area contributed by atoms with Crippen molar-refractivity contribution >= 4 is 44.5 Å². The molecule has 0 spiro atoms. The molecule has 1 unspecified atom stereocenters. The van der Waals surface area contributed by atoms with Gasteiger partial charge in [-0.25, -0.2) is 0 Å². The highest BCUT2D eigenvalue weighted by Crippen LogP contribution is 2.44. The molecule has 2 heterocycles. The fraction of sp³-hybridized carbons (Fsp3) is 0.0800. The van der Waals surface area contributed by atoms with Gasteiger partial charge in [0.15, 0.2) is 0 Å². The van der Waals surface area contributed by atoms with Crippen LogP contribution in [0.3, 0.4) is 0 Å². The van der Waals surface area contributed by atoms with Crippen molar-refractivity contribution in [3.8, 4) is 0 Å². The number of benzene rings is 3. The largest absolute Gasteiger partial charge is 0.341 e. The molecule has 148 valence electrons. The number of rotatable bonds is 4. The third-order valence-corrected chi connectivity index (χ3v) is 6.94. The average Bonchev–Trinajstić information content (AvgIpc) is 3.22. The second-order valence-corrected chi connectivity index (χ2v) is 9.65. The Hall–Kier alpha value is -2.89. The lowest BCUT2D eigenvalue weighted by atomic mass is 10.0. The van der Waals surface area contributed by atoms with Gasteiger partial charge in [0.05, 0.1) is 15.0 Å². The predicted molar refractivity (Wildman–Crippen MR) is 127 cm³/mol. The van der Waals surface area contributed by atoms with E-state index in [1.807, 2.05) is 65.6 Å². The van der Waals surface area contributed by atoms with Crippen LogP contribution in [0.15, 0.2) is 101 Å². The van der Waals surface area contributed by atoms with Crippen LogP contribution in [-0.4, -0.2) is 5.91 Å². The van der Waals surface area contributed by atoms with Gasteiger partial charge < -0.3 is 4.90 Å². The van der Waals surface area contributed by atoms with Crippen LogP contribution in [0, 0.1) is 0 Å². The predicted octanol–water partition coefficient (Wildman–Crippen LogP) is 6.88. The van der Waals surface area contributed by atoms with Crippen LogP contribution in [0.25, 0.3) is 0 Å². The highest BCUT2D eigenvalue weighted by Gasteiger charge is 2.40. The number of hydrogen-bond donors (Lipinski definition) is 0. The zero-order chi connectivity index (χ0) is 20.5. The monoisotopic (exact) mass is 474 g/mol. The molecule has 30 heavy (non-hydrogen) atoms. The number of carbonyl (C=O) groups is 1. The van der Waals surface area contributed by atoms with Gasteiger partial charge in [-0.2, -0.15) is 0 Å². The summed E-state index contributed by atoms with van der Waals surface area (Å²) in [5.41, 5.74) is 3.79. The van der Waals surface area contributed by atoms with E-state index in [9.17, 15) is 4.79 Å². The van der Waals surface area contributed by atoms with E-state index in [4.69, 9.17) is 0 Å². The molecule has 3 aromatic carbocycles. The number of fused-ring (bicyclic) bond motifs is 1. The van der Waals surface area contributed by atoms with E-state index < -0.39 is 0 Å². The molecule has 0 N–H and O–H groups in total. The first-order valence-electron chi connectivity index (χ1n) is 9.76. The summed E-state index contributed by atoms with van der Waals surface area (Å²) in [7, 11) is 0.